The maximum absolute atomic E-state index is 12.8. The van der Waals surface area contributed by atoms with Gasteiger partial charge in [-0.1, -0.05) is 29.3 Å². The van der Waals surface area contributed by atoms with Crippen molar-refractivity contribution >= 4 is 34.8 Å². The third-order valence-corrected chi connectivity index (χ3v) is 5.52. The maximum Gasteiger partial charge on any atom is 0.309 e. The number of halogens is 2. The van der Waals surface area contributed by atoms with E-state index in [2.05, 4.69) is 10.00 Å². The van der Waals surface area contributed by atoms with E-state index in [4.69, 9.17) is 23.2 Å². The lowest BCUT2D eigenvalue weighted by Gasteiger charge is -2.36. The molecule has 1 amide bonds. The van der Waals surface area contributed by atoms with Crippen LogP contribution in [0.1, 0.15) is 24.2 Å². The Labute approximate surface area is 172 Å². The molecule has 3 rings (SSSR count). The number of rotatable bonds is 5. The van der Waals surface area contributed by atoms with E-state index in [0.29, 0.717) is 35.4 Å². The predicted molar refractivity (Wildman–Crippen MR) is 107 cm³/mol. The van der Waals surface area contributed by atoms with Gasteiger partial charge in [-0.3, -0.25) is 24.5 Å². The van der Waals surface area contributed by atoms with Crippen molar-refractivity contribution in [1.29, 1.82) is 0 Å². The highest BCUT2D eigenvalue weighted by Crippen LogP contribution is 2.23. The Morgan fingerprint density at radius 3 is 2.54 bits per heavy atom. The van der Waals surface area contributed by atoms with Gasteiger partial charge in [0.25, 0.3) is 0 Å². The molecule has 1 aliphatic rings. The Bertz CT molecular complexity index is 893. The second-order valence-corrected chi connectivity index (χ2v) is 7.69. The molecule has 0 spiro atoms. The summed E-state index contributed by atoms with van der Waals surface area (Å²) in [6, 6.07) is 4.86. The van der Waals surface area contributed by atoms with Gasteiger partial charge in [-0.2, -0.15) is 5.10 Å². The van der Waals surface area contributed by atoms with Crippen LogP contribution in [-0.2, 0) is 11.3 Å². The second kappa shape index (κ2) is 8.46. The molecule has 0 N–H and O–H groups in total. The highest BCUT2D eigenvalue weighted by Gasteiger charge is 2.28. The lowest BCUT2D eigenvalue weighted by atomic mass is 10.2. The van der Waals surface area contributed by atoms with Gasteiger partial charge < -0.3 is 4.90 Å². The lowest BCUT2D eigenvalue weighted by Crippen LogP contribution is -2.50. The number of piperazine rings is 1. The van der Waals surface area contributed by atoms with E-state index in [1.165, 1.54) is 10.9 Å². The van der Waals surface area contributed by atoms with Crippen molar-refractivity contribution in [3.05, 3.63) is 55.8 Å². The summed E-state index contributed by atoms with van der Waals surface area (Å²) in [6.45, 7) is 6.56. The number of aryl methyl sites for hydroxylation is 1. The number of nitro groups is 1. The third-order valence-electron chi connectivity index (χ3n) is 4.93. The molecule has 2 aromatic rings. The Kier molecular flexibility index (Phi) is 6.22. The molecule has 1 aliphatic heterocycles. The van der Waals surface area contributed by atoms with Gasteiger partial charge >= 0.3 is 5.69 Å². The van der Waals surface area contributed by atoms with Gasteiger partial charge in [0.15, 0.2) is 0 Å². The van der Waals surface area contributed by atoms with Crippen LogP contribution in [0.25, 0.3) is 0 Å². The SMILES string of the molecule is Cc1nn(C(C)C(=O)N2CCN(Cc3ccc(Cl)cc3Cl)CC2)cc1[N+](=O)[O-]. The number of benzene rings is 1. The van der Waals surface area contributed by atoms with Gasteiger partial charge in [0, 0.05) is 42.8 Å². The molecule has 0 bridgehead atoms. The van der Waals surface area contributed by atoms with Gasteiger partial charge in [-0.05, 0) is 31.5 Å². The summed E-state index contributed by atoms with van der Waals surface area (Å²) >= 11 is 12.2. The Morgan fingerprint density at radius 2 is 1.96 bits per heavy atom. The molecular formula is C18H21Cl2N5O3. The smallest absolute Gasteiger partial charge is 0.309 e. The zero-order valence-corrected chi connectivity index (χ0v) is 17.2. The summed E-state index contributed by atoms with van der Waals surface area (Å²) in [5, 5.41) is 16.4. The van der Waals surface area contributed by atoms with Crippen molar-refractivity contribution in [1.82, 2.24) is 19.6 Å². The Hall–Kier alpha value is -2.16. The van der Waals surface area contributed by atoms with Crippen molar-refractivity contribution in [2.24, 2.45) is 0 Å². The lowest BCUT2D eigenvalue weighted by molar-refractivity contribution is -0.385. The summed E-state index contributed by atoms with van der Waals surface area (Å²) in [7, 11) is 0. The normalized spacial score (nSPS) is 16.2. The van der Waals surface area contributed by atoms with Crippen LogP contribution in [0.2, 0.25) is 10.0 Å². The van der Waals surface area contributed by atoms with Crippen LogP contribution < -0.4 is 0 Å². The summed E-state index contributed by atoms with van der Waals surface area (Å²) in [5.41, 5.74) is 1.22. The van der Waals surface area contributed by atoms with Crippen LogP contribution in [0.3, 0.4) is 0 Å². The number of carbonyl (C=O) groups excluding carboxylic acids is 1. The molecule has 10 heteroatoms. The number of hydrogen-bond acceptors (Lipinski definition) is 5. The minimum atomic E-state index is -0.593. The van der Waals surface area contributed by atoms with Crippen LogP contribution in [0, 0.1) is 17.0 Å². The number of nitrogens with zero attached hydrogens (tertiary/aromatic N) is 5. The van der Waals surface area contributed by atoms with Gasteiger partial charge in [0.05, 0.1) is 4.92 Å². The largest absolute Gasteiger partial charge is 0.338 e. The molecule has 1 aromatic carbocycles. The fraction of sp³-hybridized carbons (Fsp3) is 0.444. The Morgan fingerprint density at radius 1 is 1.29 bits per heavy atom. The molecule has 28 heavy (non-hydrogen) atoms. The van der Waals surface area contributed by atoms with Crippen LogP contribution in [-0.4, -0.2) is 56.6 Å². The molecule has 1 unspecified atom stereocenters. The molecule has 0 saturated carbocycles. The van der Waals surface area contributed by atoms with E-state index >= 15 is 0 Å². The average Bonchev–Trinajstić information content (AvgIpc) is 3.05. The van der Waals surface area contributed by atoms with Gasteiger partial charge in [0.1, 0.15) is 17.9 Å². The molecule has 1 atom stereocenters. The summed E-state index contributed by atoms with van der Waals surface area (Å²) in [5.74, 6) is -0.0958. The molecule has 2 heterocycles. The standard InChI is InChI=1S/C18H21Cl2N5O3/c1-12-17(25(27)28)11-24(21-12)13(2)18(26)23-7-5-22(6-8-23)10-14-3-4-15(19)9-16(14)20/h3-4,9,11,13H,5-8,10H2,1-2H3. The van der Waals surface area contributed by atoms with E-state index in [1.807, 2.05) is 12.1 Å². The molecule has 1 aromatic heterocycles. The highest BCUT2D eigenvalue weighted by atomic mass is 35.5. The zero-order valence-electron chi connectivity index (χ0n) is 15.6. The van der Waals surface area contributed by atoms with Gasteiger partial charge in [-0.25, -0.2) is 0 Å². The molecule has 8 nitrogen and oxygen atoms in total. The van der Waals surface area contributed by atoms with Crippen molar-refractivity contribution < 1.29 is 9.72 Å². The van der Waals surface area contributed by atoms with E-state index in [1.54, 1.807) is 24.8 Å². The van der Waals surface area contributed by atoms with Crippen molar-refractivity contribution in [3.63, 3.8) is 0 Å². The highest BCUT2D eigenvalue weighted by molar-refractivity contribution is 6.35. The maximum atomic E-state index is 12.8. The summed E-state index contributed by atoms with van der Waals surface area (Å²) in [4.78, 5) is 27.3. The van der Waals surface area contributed by atoms with Crippen molar-refractivity contribution in [3.8, 4) is 0 Å². The molecule has 1 fully saturated rings. The molecule has 0 radical (unpaired) electrons. The first-order chi connectivity index (χ1) is 13.3. The molecule has 150 valence electrons. The number of hydrogen-bond donors (Lipinski definition) is 0. The van der Waals surface area contributed by atoms with E-state index < -0.39 is 11.0 Å². The fourth-order valence-corrected chi connectivity index (χ4v) is 3.71. The van der Waals surface area contributed by atoms with E-state index in [9.17, 15) is 14.9 Å². The van der Waals surface area contributed by atoms with Gasteiger partial charge in [0.2, 0.25) is 5.91 Å². The second-order valence-electron chi connectivity index (χ2n) is 6.85. The average molecular weight is 426 g/mol. The summed E-state index contributed by atoms with van der Waals surface area (Å²) in [6.07, 6.45) is 1.32. The molecule has 1 saturated heterocycles. The number of carbonyl (C=O) groups is 1. The predicted octanol–water partition coefficient (Wildman–Crippen LogP) is 3.31. The molecule has 0 aliphatic carbocycles. The van der Waals surface area contributed by atoms with Gasteiger partial charge in [-0.15, -0.1) is 0 Å². The van der Waals surface area contributed by atoms with Crippen LogP contribution in [0.5, 0.6) is 0 Å². The van der Waals surface area contributed by atoms with E-state index in [0.717, 1.165) is 18.7 Å². The summed E-state index contributed by atoms with van der Waals surface area (Å²) < 4.78 is 1.37. The quantitative estimate of drug-likeness (QED) is 0.541. The van der Waals surface area contributed by atoms with Crippen LogP contribution >= 0.6 is 23.2 Å². The minimum Gasteiger partial charge on any atom is -0.338 e. The fourth-order valence-electron chi connectivity index (χ4n) is 3.24. The Balaban J connectivity index is 1.58. The first-order valence-corrected chi connectivity index (χ1v) is 9.67. The zero-order chi connectivity index (χ0) is 20.4. The van der Waals surface area contributed by atoms with Crippen molar-refractivity contribution in [2.75, 3.05) is 26.2 Å². The topological polar surface area (TPSA) is 84.5 Å². The van der Waals surface area contributed by atoms with Crippen LogP contribution in [0.15, 0.2) is 24.4 Å². The minimum absolute atomic E-state index is 0.0793. The number of amides is 1. The van der Waals surface area contributed by atoms with Crippen molar-refractivity contribution in [2.45, 2.75) is 26.4 Å². The van der Waals surface area contributed by atoms with Crippen LogP contribution in [0.4, 0.5) is 5.69 Å². The number of aromatic nitrogens is 2. The first kappa shape index (κ1) is 20.6. The molecular weight excluding hydrogens is 405 g/mol. The van der Waals surface area contributed by atoms with E-state index in [-0.39, 0.29) is 11.6 Å². The first-order valence-electron chi connectivity index (χ1n) is 8.91. The monoisotopic (exact) mass is 425 g/mol. The third kappa shape index (κ3) is 4.45.